The Labute approximate surface area is 112 Å². The number of carbonyl (C=O) groups excluding carboxylic acids is 1. The van der Waals surface area contributed by atoms with Crippen LogP contribution in [0, 0.1) is 0 Å². The summed E-state index contributed by atoms with van der Waals surface area (Å²) in [7, 11) is 0. The van der Waals surface area contributed by atoms with Crippen molar-refractivity contribution < 1.29 is 4.79 Å². The number of amides is 1. The molecule has 2 aliphatic rings. The molecule has 1 amide bonds. The highest BCUT2D eigenvalue weighted by molar-refractivity contribution is 6.35. The summed E-state index contributed by atoms with van der Waals surface area (Å²) in [5.41, 5.74) is 1.25. The minimum atomic E-state index is -0.422. The van der Waals surface area contributed by atoms with Gasteiger partial charge in [-0.3, -0.25) is 4.79 Å². The lowest BCUT2D eigenvalue weighted by atomic mass is 9.87. The maximum Gasteiger partial charge on any atom is 0.250 e. The van der Waals surface area contributed by atoms with Gasteiger partial charge in [-0.25, -0.2) is 0 Å². The molecule has 1 aromatic carbocycles. The quantitative estimate of drug-likeness (QED) is 0.748. The van der Waals surface area contributed by atoms with Crippen LogP contribution >= 0.6 is 11.6 Å². The van der Waals surface area contributed by atoms with Gasteiger partial charge < -0.3 is 10.6 Å². The van der Waals surface area contributed by atoms with Gasteiger partial charge in [-0.15, -0.1) is 0 Å². The molecule has 0 bridgehead atoms. The van der Waals surface area contributed by atoms with E-state index >= 15 is 0 Å². The number of nitrogens with one attached hydrogen (secondary N) is 2. The van der Waals surface area contributed by atoms with Crippen molar-refractivity contribution >= 4 is 28.9 Å². The molecule has 0 unspecified atom stereocenters. The minimum Gasteiger partial charge on any atom is -0.369 e. The van der Waals surface area contributed by atoms with Crippen molar-refractivity contribution in [1.29, 1.82) is 0 Å². The van der Waals surface area contributed by atoms with E-state index in [0.29, 0.717) is 5.02 Å². The number of fused-ring (bicyclic) bond motifs is 1. The van der Waals surface area contributed by atoms with Gasteiger partial charge in [-0.05, 0) is 25.0 Å². The summed E-state index contributed by atoms with van der Waals surface area (Å²) >= 11 is 6.11. The van der Waals surface area contributed by atoms with Crippen LogP contribution in [0.4, 0.5) is 11.4 Å². The van der Waals surface area contributed by atoms with Gasteiger partial charge in [0.1, 0.15) is 5.54 Å². The molecular formula is C14H17ClN2O. The van der Waals surface area contributed by atoms with Gasteiger partial charge in [0.05, 0.1) is 16.4 Å². The van der Waals surface area contributed by atoms with Gasteiger partial charge >= 0.3 is 0 Å². The van der Waals surface area contributed by atoms with Crippen LogP contribution in [-0.2, 0) is 4.79 Å². The molecule has 1 fully saturated rings. The second-order valence-corrected chi connectivity index (χ2v) is 5.65. The number of para-hydroxylation sites is 1. The summed E-state index contributed by atoms with van der Waals surface area (Å²) in [6.07, 6.45) is 6.47. The first-order valence-electron chi connectivity index (χ1n) is 6.59. The Balaban J connectivity index is 1.98. The standard InChI is InChI=1S/C14H17ClN2O/c15-10-6-5-7-11-12(10)16-13(18)14(17-11)8-3-1-2-4-9-14/h5-7,17H,1-4,8-9H2,(H,16,18). The molecule has 2 N–H and O–H groups in total. The predicted octanol–water partition coefficient (Wildman–Crippen LogP) is 3.80. The van der Waals surface area contributed by atoms with Crippen LogP contribution in [0.5, 0.6) is 0 Å². The van der Waals surface area contributed by atoms with Crippen molar-refractivity contribution in [2.24, 2.45) is 0 Å². The molecule has 4 heteroatoms. The predicted molar refractivity (Wildman–Crippen MR) is 74.1 cm³/mol. The van der Waals surface area contributed by atoms with E-state index in [4.69, 9.17) is 11.6 Å². The van der Waals surface area contributed by atoms with Crippen molar-refractivity contribution in [3.8, 4) is 0 Å². The Hall–Kier alpha value is -1.22. The minimum absolute atomic E-state index is 0.0741. The highest BCUT2D eigenvalue weighted by Gasteiger charge is 2.42. The van der Waals surface area contributed by atoms with Crippen molar-refractivity contribution in [2.45, 2.75) is 44.1 Å². The Morgan fingerprint density at radius 1 is 1.11 bits per heavy atom. The fourth-order valence-electron chi connectivity index (χ4n) is 2.99. The van der Waals surface area contributed by atoms with Crippen molar-refractivity contribution in [1.82, 2.24) is 0 Å². The summed E-state index contributed by atoms with van der Waals surface area (Å²) in [6.45, 7) is 0. The van der Waals surface area contributed by atoms with Gasteiger partial charge in [-0.2, -0.15) is 0 Å². The Bertz CT molecular complexity index is 479. The number of rotatable bonds is 0. The summed E-state index contributed by atoms with van der Waals surface area (Å²) < 4.78 is 0. The molecule has 3 nitrogen and oxygen atoms in total. The molecular weight excluding hydrogens is 248 g/mol. The lowest BCUT2D eigenvalue weighted by Gasteiger charge is -2.38. The number of halogens is 1. The summed E-state index contributed by atoms with van der Waals surface area (Å²) in [5.74, 6) is 0.0741. The van der Waals surface area contributed by atoms with E-state index in [2.05, 4.69) is 10.6 Å². The zero-order valence-corrected chi connectivity index (χ0v) is 11.0. The van der Waals surface area contributed by atoms with Gasteiger partial charge in [0.2, 0.25) is 5.91 Å². The maximum atomic E-state index is 12.4. The summed E-state index contributed by atoms with van der Waals surface area (Å²) in [5, 5.41) is 7.02. The lowest BCUT2D eigenvalue weighted by molar-refractivity contribution is -0.121. The third-order valence-electron chi connectivity index (χ3n) is 4.02. The van der Waals surface area contributed by atoms with E-state index in [1.54, 1.807) is 6.07 Å². The average Bonchev–Trinajstić information content (AvgIpc) is 2.59. The van der Waals surface area contributed by atoms with Crippen LogP contribution in [-0.4, -0.2) is 11.4 Å². The topological polar surface area (TPSA) is 41.1 Å². The normalized spacial score (nSPS) is 21.7. The number of anilines is 2. The highest BCUT2D eigenvalue weighted by Crippen LogP contribution is 2.41. The molecule has 18 heavy (non-hydrogen) atoms. The van der Waals surface area contributed by atoms with E-state index in [1.807, 2.05) is 12.1 Å². The van der Waals surface area contributed by atoms with E-state index in [9.17, 15) is 4.79 Å². The second kappa shape index (κ2) is 4.47. The molecule has 3 rings (SSSR count). The van der Waals surface area contributed by atoms with Crippen LogP contribution in [0.3, 0.4) is 0 Å². The number of benzene rings is 1. The van der Waals surface area contributed by atoms with E-state index in [-0.39, 0.29) is 5.91 Å². The fraction of sp³-hybridized carbons (Fsp3) is 0.500. The number of hydrogen-bond donors (Lipinski definition) is 2. The Kier molecular flexibility index (Phi) is 2.94. The van der Waals surface area contributed by atoms with Gasteiger partial charge in [0, 0.05) is 0 Å². The zero-order valence-electron chi connectivity index (χ0n) is 10.3. The fourth-order valence-corrected chi connectivity index (χ4v) is 3.21. The molecule has 96 valence electrons. The molecule has 1 aliphatic carbocycles. The van der Waals surface area contributed by atoms with Crippen LogP contribution in [0.1, 0.15) is 38.5 Å². The maximum absolute atomic E-state index is 12.4. The van der Waals surface area contributed by atoms with Gasteiger partial charge in [0.25, 0.3) is 0 Å². The van der Waals surface area contributed by atoms with E-state index in [1.165, 1.54) is 12.8 Å². The molecule has 0 atom stereocenters. The number of carbonyl (C=O) groups is 1. The lowest BCUT2D eigenvalue weighted by Crippen LogP contribution is -2.52. The average molecular weight is 265 g/mol. The highest BCUT2D eigenvalue weighted by atomic mass is 35.5. The molecule has 0 aromatic heterocycles. The zero-order chi connectivity index (χ0) is 12.6. The third-order valence-corrected chi connectivity index (χ3v) is 4.33. The molecule has 1 spiro atoms. The van der Waals surface area contributed by atoms with E-state index < -0.39 is 5.54 Å². The first kappa shape index (κ1) is 11.8. The van der Waals surface area contributed by atoms with Crippen molar-refractivity contribution in [2.75, 3.05) is 10.6 Å². The van der Waals surface area contributed by atoms with Crippen LogP contribution in [0.25, 0.3) is 0 Å². The first-order valence-corrected chi connectivity index (χ1v) is 6.97. The molecule has 0 radical (unpaired) electrons. The van der Waals surface area contributed by atoms with Gasteiger partial charge in [-0.1, -0.05) is 43.4 Å². The summed E-state index contributed by atoms with van der Waals surface area (Å²) in [6, 6.07) is 5.69. The molecule has 0 saturated heterocycles. The van der Waals surface area contributed by atoms with Gasteiger partial charge in [0.15, 0.2) is 0 Å². The first-order chi connectivity index (χ1) is 8.71. The molecule has 1 heterocycles. The molecule has 1 aromatic rings. The molecule has 1 saturated carbocycles. The van der Waals surface area contributed by atoms with Crippen LogP contribution in [0.2, 0.25) is 5.02 Å². The van der Waals surface area contributed by atoms with Crippen molar-refractivity contribution in [3.63, 3.8) is 0 Å². The van der Waals surface area contributed by atoms with Crippen molar-refractivity contribution in [3.05, 3.63) is 23.2 Å². The SMILES string of the molecule is O=C1Nc2c(Cl)cccc2NC12CCCCCC2. The Morgan fingerprint density at radius 3 is 2.56 bits per heavy atom. The van der Waals surface area contributed by atoms with E-state index in [0.717, 1.165) is 37.1 Å². The second-order valence-electron chi connectivity index (χ2n) is 5.24. The summed E-state index contributed by atoms with van der Waals surface area (Å²) in [4.78, 5) is 12.4. The largest absolute Gasteiger partial charge is 0.369 e. The Morgan fingerprint density at radius 2 is 1.83 bits per heavy atom. The van der Waals surface area contributed by atoms with Crippen LogP contribution < -0.4 is 10.6 Å². The number of hydrogen-bond acceptors (Lipinski definition) is 2. The monoisotopic (exact) mass is 264 g/mol. The molecule has 1 aliphatic heterocycles. The smallest absolute Gasteiger partial charge is 0.250 e. The third kappa shape index (κ3) is 1.87. The van der Waals surface area contributed by atoms with Crippen LogP contribution in [0.15, 0.2) is 18.2 Å².